The van der Waals surface area contributed by atoms with Crippen LogP contribution in [0.2, 0.25) is 0 Å². The molecule has 1 unspecified atom stereocenters. The van der Waals surface area contributed by atoms with Crippen molar-refractivity contribution < 1.29 is 5.11 Å². The maximum Gasteiger partial charge on any atom is 0.282 e. The van der Waals surface area contributed by atoms with Crippen molar-refractivity contribution in [3.63, 3.8) is 0 Å². The summed E-state index contributed by atoms with van der Waals surface area (Å²) in [5.74, 6) is 0. The zero-order valence-electron chi connectivity index (χ0n) is 18.1. The van der Waals surface area contributed by atoms with Crippen LogP contribution >= 0.6 is 11.3 Å². The van der Waals surface area contributed by atoms with Gasteiger partial charge in [0.15, 0.2) is 0 Å². The van der Waals surface area contributed by atoms with E-state index in [1.807, 2.05) is 66.7 Å². The Labute approximate surface area is 195 Å². The molecule has 2 aromatic heterocycles. The monoisotopic (exact) mass is 453 g/mol. The molecular formula is C27H23N3O2S. The van der Waals surface area contributed by atoms with Gasteiger partial charge in [0.2, 0.25) is 0 Å². The summed E-state index contributed by atoms with van der Waals surface area (Å²) >= 11 is 1.64. The van der Waals surface area contributed by atoms with Gasteiger partial charge in [-0.2, -0.15) is 9.78 Å². The van der Waals surface area contributed by atoms with E-state index >= 15 is 0 Å². The number of allylic oxidation sites excluding steroid dienone is 1. The number of hydrogen-bond donors (Lipinski definition) is 1. The minimum Gasteiger partial charge on any atom is -0.380 e. The van der Waals surface area contributed by atoms with E-state index in [0.29, 0.717) is 11.1 Å². The molecular weight excluding hydrogens is 430 g/mol. The minimum atomic E-state index is -1.22. The van der Waals surface area contributed by atoms with Crippen LogP contribution in [0.3, 0.4) is 0 Å². The minimum absolute atomic E-state index is 0.128. The van der Waals surface area contributed by atoms with Crippen molar-refractivity contribution in [2.24, 2.45) is 5.10 Å². The maximum atomic E-state index is 13.4. The Morgan fingerprint density at radius 2 is 1.73 bits per heavy atom. The Morgan fingerprint density at radius 1 is 1.00 bits per heavy atom. The zero-order valence-corrected chi connectivity index (χ0v) is 18.9. The lowest BCUT2D eigenvalue weighted by molar-refractivity contribution is 0.113. The molecule has 4 aromatic rings. The van der Waals surface area contributed by atoms with Crippen LogP contribution in [0.1, 0.15) is 40.8 Å². The summed E-state index contributed by atoms with van der Waals surface area (Å²) in [6, 6.07) is 19.5. The summed E-state index contributed by atoms with van der Waals surface area (Å²) in [5, 5.41) is 17.2. The summed E-state index contributed by atoms with van der Waals surface area (Å²) in [7, 11) is 0. The number of benzene rings is 2. The normalized spacial score (nSPS) is 21.4. The van der Waals surface area contributed by atoms with Crippen LogP contribution < -0.4 is 5.56 Å². The fourth-order valence-corrected chi connectivity index (χ4v) is 6.24. The Balaban J connectivity index is 1.48. The molecule has 0 saturated carbocycles. The largest absolute Gasteiger partial charge is 0.380 e. The third-order valence-corrected chi connectivity index (χ3v) is 7.82. The van der Waals surface area contributed by atoms with Crippen molar-refractivity contribution >= 4 is 32.8 Å². The van der Waals surface area contributed by atoms with Crippen molar-refractivity contribution in [2.75, 3.05) is 0 Å². The van der Waals surface area contributed by atoms with Crippen molar-refractivity contribution in [1.29, 1.82) is 0 Å². The van der Waals surface area contributed by atoms with E-state index in [9.17, 15) is 9.90 Å². The number of aliphatic hydroxyl groups is 1. The topological polar surface area (TPSA) is 67.5 Å². The predicted octanol–water partition coefficient (Wildman–Crippen LogP) is 4.92. The second-order valence-corrected chi connectivity index (χ2v) is 9.79. The first-order chi connectivity index (χ1) is 16.1. The Kier molecular flexibility index (Phi) is 4.85. The third-order valence-electron chi connectivity index (χ3n) is 6.62. The number of nitrogens with zero attached hydrogens (tertiary/aromatic N) is 3. The van der Waals surface area contributed by atoms with Gasteiger partial charge in [-0.3, -0.25) is 4.79 Å². The van der Waals surface area contributed by atoms with Crippen molar-refractivity contribution in [3.05, 3.63) is 105 Å². The standard InChI is InChI=1S/C27H23N3O2S/c31-26-24-21-13-7-8-14-23(21)33-25(24)28-17-30(26)29-20-15-22(18-9-3-1-4-10-18)27(32,16-20)19-11-5-2-6-12-19/h1-6,9-12,15,17,32H,7-8,13-14,16H2/b29-20+. The number of fused-ring (bicyclic) bond motifs is 3. The molecule has 33 heavy (non-hydrogen) atoms. The summed E-state index contributed by atoms with van der Waals surface area (Å²) in [6.45, 7) is 0. The molecule has 5 nitrogen and oxygen atoms in total. The first-order valence-corrected chi connectivity index (χ1v) is 12.1. The first kappa shape index (κ1) is 20.3. The van der Waals surface area contributed by atoms with Crippen LogP contribution in [0.25, 0.3) is 15.8 Å². The highest BCUT2D eigenvalue weighted by Crippen LogP contribution is 2.44. The quantitative estimate of drug-likeness (QED) is 0.479. The van der Waals surface area contributed by atoms with E-state index in [-0.39, 0.29) is 12.0 Å². The highest BCUT2D eigenvalue weighted by Gasteiger charge is 2.40. The number of aryl methyl sites for hydroxylation is 2. The van der Waals surface area contributed by atoms with Gasteiger partial charge in [-0.25, -0.2) is 4.98 Å². The predicted molar refractivity (Wildman–Crippen MR) is 133 cm³/mol. The number of thiophene rings is 1. The van der Waals surface area contributed by atoms with Crippen LogP contribution in [0.15, 0.2) is 83.0 Å². The fraction of sp³-hybridized carbons (Fsp3) is 0.222. The molecule has 0 fully saturated rings. The second-order valence-electron chi connectivity index (χ2n) is 8.70. The van der Waals surface area contributed by atoms with Crippen molar-refractivity contribution in [3.8, 4) is 0 Å². The summed E-state index contributed by atoms with van der Waals surface area (Å²) in [6.07, 6.45) is 7.93. The Bertz CT molecular complexity index is 1470. The van der Waals surface area contributed by atoms with Gasteiger partial charge in [-0.1, -0.05) is 60.7 Å². The molecule has 2 aliphatic carbocycles. The highest BCUT2D eigenvalue weighted by molar-refractivity contribution is 7.18. The number of aromatic nitrogens is 2. The molecule has 0 bridgehead atoms. The summed E-state index contributed by atoms with van der Waals surface area (Å²) in [4.78, 5) is 20.0. The van der Waals surface area contributed by atoms with Gasteiger partial charge in [-0.05, 0) is 54.0 Å². The highest BCUT2D eigenvalue weighted by atomic mass is 32.1. The molecule has 6 rings (SSSR count). The molecule has 2 aromatic carbocycles. The average molecular weight is 454 g/mol. The Morgan fingerprint density at radius 3 is 2.52 bits per heavy atom. The molecule has 2 aliphatic rings. The smallest absolute Gasteiger partial charge is 0.282 e. The lowest BCUT2D eigenvalue weighted by atomic mass is 9.84. The van der Waals surface area contributed by atoms with Crippen LogP contribution in [0, 0.1) is 0 Å². The molecule has 0 spiro atoms. The summed E-state index contributed by atoms with van der Waals surface area (Å²) in [5.41, 5.74) is 2.97. The molecule has 0 radical (unpaired) electrons. The van der Waals surface area contributed by atoms with Crippen molar-refractivity contribution in [1.82, 2.24) is 9.66 Å². The van der Waals surface area contributed by atoms with Gasteiger partial charge in [0.25, 0.3) is 5.56 Å². The maximum absolute atomic E-state index is 13.4. The van der Waals surface area contributed by atoms with E-state index in [4.69, 9.17) is 0 Å². The van der Waals surface area contributed by atoms with E-state index in [0.717, 1.165) is 46.4 Å². The van der Waals surface area contributed by atoms with Gasteiger partial charge in [0, 0.05) is 11.3 Å². The molecule has 164 valence electrons. The van der Waals surface area contributed by atoms with Gasteiger partial charge in [0.1, 0.15) is 16.8 Å². The van der Waals surface area contributed by atoms with E-state index in [1.54, 1.807) is 11.3 Å². The van der Waals surface area contributed by atoms with Crippen LogP contribution in [-0.4, -0.2) is 20.5 Å². The molecule has 0 saturated heterocycles. The van der Waals surface area contributed by atoms with Crippen LogP contribution in [0.5, 0.6) is 0 Å². The van der Waals surface area contributed by atoms with Crippen LogP contribution in [-0.2, 0) is 18.4 Å². The molecule has 1 atom stereocenters. The zero-order chi connectivity index (χ0) is 22.4. The van der Waals surface area contributed by atoms with Crippen LogP contribution in [0.4, 0.5) is 0 Å². The van der Waals surface area contributed by atoms with Gasteiger partial charge >= 0.3 is 0 Å². The SMILES string of the molecule is O=c1c2c3c(sc2ncn1/N=C1\C=C(c2ccccc2)C(O)(c2ccccc2)C1)CCCC3. The second kappa shape index (κ2) is 7.90. The Hall–Kier alpha value is -3.35. The van der Waals surface area contributed by atoms with E-state index < -0.39 is 5.60 Å². The lowest BCUT2D eigenvalue weighted by Gasteiger charge is -2.27. The third kappa shape index (κ3) is 3.37. The first-order valence-electron chi connectivity index (χ1n) is 11.3. The fourth-order valence-electron chi connectivity index (χ4n) is 5.02. The van der Waals surface area contributed by atoms with E-state index in [1.165, 1.54) is 22.3 Å². The average Bonchev–Trinajstić information content (AvgIpc) is 3.40. The van der Waals surface area contributed by atoms with Gasteiger partial charge in [-0.15, -0.1) is 11.3 Å². The summed E-state index contributed by atoms with van der Waals surface area (Å²) < 4.78 is 1.34. The molecule has 6 heteroatoms. The molecule has 0 aliphatic heterocycles. The van der Waals surface area contributed by atoms with Gasteiger partial charge < -0.3 is 5.11 Å². The number of rotatable bonds is 3. The van der Waals surface area contributed by atoms with Gasteiger partial charge in [0.05, 0.1) is 11.1 Å². The van der Waals surface area contributed by atoms with Crippen molar-refractivity contribution in [2.45, 2.75) is 37.7 Å². The van der Waals surface area contributed by atoms with E-state index in [2.05, 4.69) is 10.1 Å². The molecule has 1 N–H and O–H groups in total. The number of hydrogen-bond acceptors (Lipinski definition) is 5. The molecule has 0 amide bonds. The lowest BCUT2D eigenvalue weighted by Crippen LogP contribution is -2.26. The molecule has 2 heterocycles.